The van der Waals surface area contributed by atoms with E-state index in [0.29, 0.717) is 33.2 Å². The molecule has 0 atom stereocenters. The Morgan fingerprint density at radius 3 is 2.54 bits per heavy atom. The maximum atomic E-state index is 12.3. The minimum atomic E-state index is -2.53. The summed E-state index contributed by atoms with van der Waals surface area (Å²) in [6.07, 6.45) is 0. The summed E-state index contributed by atoms with van der Waals surface area (Å²) < 4.78 is 29.5. The van der Waals surface area contributed by atoms with E-state index in [0.717, 1.165) is 6.07 Å². The summed E-state index contributed by atoms with van der Waals surface area (Å²) in [5.41, 5.74) is 0.448. The maximum absolute atomic E-state index is 12.3. The first-order chi connectivity index (χ1) is 13.4. The predicted octanol–water partition coefficient (Wildman–Crippen LogP) is 3.64. The molecule has 3 aromatic rings. The largest absolute Gasteiger partial charge is 0.451 e. The number of fused-ring (bicyclic) bond motifs is 1. The first-order valence-corrected chi connectivity index (χ1v) is 8.94. The number of esters is 1. The van der Waals surface area contributed by atoms with Gasteiger partial charge in [-0.15, -0.1) is 0 Å². The van der Waals surface area contributed by atoms with Crippen LogP contribution in [0.1, 0.15) is 10.5 Å². The number of hydrogen-bond acceptors (Lipinski definition) is 5. The topological polar surface area (TPSA) is 88.3 Å². The van der Waals surface area contributed by atoms with Gasteiger partial charge < -0.3 is 15.0 Å². The summed E-state index contributed by atoms with van der Waals surface area (Å²) in [7, 11) is 0. The van der Waals surface area contributed by atoms with Crippen molar-refractivity contribution in [2.75, 3.05) is 11.9 Å². The molecular weight excluding hydrogens is 390 g/mol. The van der Waals surface area contributed by atoms with Crippen LogP contribution >= 0.6 is 11.8 Å². The van der Waals surface area contributed by atoms with Crippen molar-refractivity contribution < 1.29 is 23.1 Å². The molecule has 3 rings (SSSR count). The fourth-order valence-electron chi connectivity index (χ4n) is 2.43. The summed E-state index contributed by atoms with van der Waals surface area (Å²) in [6, 6.07) is 13.6. The van der Waals surface area contributed by atoms with E-state index in [2.05, 4.69) is 10.3 Å². The molecule has 0 aliphatic heterocycles. The smallest absolute Gasteiger partial charge is 0.355 e. The van der Waals surface area contributed by atoms with Gasteiger partial charge in [-0.25, -0.2) is 4.79 Å². The molecule has 0 spiro atoms. The SMILES string of the molecule is O=C(COC(=O)c1cc(=O)c2ccccc2[nH]1)Nc1ccc(SC(F)F)cc1. The number of alkyl halides is 2. The van der Waals surface area contributed by atoms with Gasteiger partial charge in [0.2, 0.25) is 0 Å². The Morgan fingerprint density at radius 2 is 1.82 bits per heavy atom. The fourth-order valence-corrected chi connectivity index (χ4v) is 2.93. The van der Waals surface area contributed by atoms with Crippen molar-refractivity contribution in [3.63, 3.8) is 0 Å². The monoisotopic (exact) mass is 404 g/mol. The molecule has 0 fully saturated rings. The number of para-hydroxylation sites is 1. The molecule has 1 amide bonds. The van der Waals surface area contributed by atoms with Crippen molar-refractivity contribution >= 4 is 40.2 Å². The third kappa shape index (κ3) is 4.95. The number of ether oxygens (including phenoxy) is 1. The van der Waals surface area contributed by atoms with Gasteiger partial charge in [0, 0.05) is 27.6 Å². The van der Waals surface area contributed by atoms with Gasteiger partial charge in [0.1, 0.15) is 5.69 Å². The molecule has 0 aliphatic carbocycles. The van der Waals surface area contributed by atoms with Gasteiger partial charge in [-0.1, -0.05) is 23.9 Å². The quantitative estimate of drug-likeness (QED) is 0.484. The first kappa shape index (κ1) is 19.6. The van der Waals surface area contributed by atoms with Crippen LogP contribution in [0.15, 0.2) is 64.3 Å². The number of halogens is 2. The summed E-state index contributed by atoms with van der Waals surface area (Å²) in [4.78, 5) is 39.2. The maximum Gasteiger partial charge on any atom is 0.355 e. The number of nitrogens with one attached hydrogen (secondary N) is 2. The molecule has 9 heteroatoms. The molecule has 0 saturated heterocycles. The lowest BCUT2D eigenvalue weighted by molar-refractivity contribution is -0.119. The molecule has 0 radical (unpaired) electrons. The van der Waals surface area contributed by atoms with E-state index in [-0.39, 0.29) is 11.1 Å². The highest BCUT2D eigenvalue weighted by molar-refractivity contribution is 7.99. The molecule has 2 aromatic carbocycles. The average Bonchev–Trinajstić information content (AvgIpc) is 2.67. The summed E-state index contributed by atoms with van der Waals surface area (Å²) >= 11 is 0.395. The number of amides is 1. The number of aromatic amines is 1. The molecule has 0 aliphatic rings. The van der Waals surface area contributed by atoms with Crippen LogP contribution in [-0.4, -0.2) is 29.2 Å². The van der Waals surface area contributed by atoms with Crippen LogP contribution in [0.2, 0.25) is 0 Å². The molecule has 0 unspecified atom stereocenters. The van der Waals surface area contributed by atoms with E-state index < -0.39 is 24.2 Å². The highest BCUT2D eigenvalue weighted by Gasteiger charge is 2.13. The number of pyridine rings is 1. The Bertz CT molecular complexity index is 1070. The summed E-state index contributed by atoms with van der Waals surface area (Å²) in [5.74, 6) is -3.98. The van der Waals surface area contributed by atoms with Crippen molar-refractivity contribution in [3.8, 4) is 0 Å². The molecule has 1 heterocycles. The summed E-state index contributed by atoms with van der Waals surface area (Å²) in [5, 5.41) is 2.92. The first-order valence-electron chi connectivity index (χ1n) is 8.06. The van der Waals surface area contributed by atoms with E-state index in [4.69, 9.17) is 4.74 Å². The number of hydrogen-bond donors (Lipinski definition) is 2. The number of carbonyl (C=O) groups is 2. The molecule has 144 valence electrons. The second kappa shape index (κ2) is 8.66. The molecule has 28 heavy (non-hydrogen) atoms. The predicted molar refractivity (Wildman–Crippen MR) is 102 cm³/mol. The molecule has 0 saturated carbocycles. The number of thioether (sulfide) groups is 1. The zero-order valence-electron chi connectivity index (χ0n) is 14.3. The van der Waals surface area contributed by atoms with Gasteiger partial charge in [0.25, 0.3) is 11.7 Å². The fraction of sp³-hybridized carbons (Fsp3) is 0.105. The molecule has 1 aromatic heterocycles. The molecule has 6 nitrogen and oxygen atoms in total. The van der Waals surface area contributed by atoms with E-state index in [1.165, 1.54) is 24.3 Å². The van der Waals surface area contributed by atoms with Gasteiger partial charge in [-0.05, 0) is 36.4 Å². The van der Waals surface area contributed by atoms with Crippen LogP contribution in [0.4, 0.5) is 14.5 Å². The van der Waals surface area contributed by atoms with Crippen LogP contribution in [-0.2, 0) is 9.53 Å². The lowest BCUT2D eigenvalue weighted by Crippen LogP contribution is -2.22. The van der Waals surface area contributed by atoms with Crippen LogP contribution in [0.3, 0.4) is 0 Å². The Hall–Kier alpha value is -3.20. The highest BCUT2D eigenvalue weighted by Crippen LogP contribution is 2.26. The average molecular weight is 404 g/mol. The van der Waals surface area contributed by atoms with Crippen LogP contribution in [0, 0.1) is 0 Å². The van der Waals surface area contributed by atoms with E-state index >= 15 is 0 Å². The zero-order chi connectivity index (χ0) is 20.1. The molecule has 0 bridgehead atoms. The van der Waals surface area contributed by atoms with Crippen LogP contribution < -0.4 is 10.7 Å². The Morgan fingerprint density at radius 1 is 1.11 bits per heavy atom. The van der Waals surface area contributed by atoms with E-state index in [9.17, 15) is 23.2 Å². The number of benzene rings is 2. The normalized spacial score (nSPS) is 10.8. The van der Waals surface area contributed by atoms with Gasteiger partial charge >= 0.3 is 5.97 Å². The van der Waals surface area contributed by atoms with Crippen molar-refractivity contribution in [3.05, 3.63) is 70.5 Å². The second-order valence-corrected chi connectivity index (χ2v) is 6.68. The minimum Gasteiger partial charge on any atom is -0.451 e. The summed E-state index contributed by atoms with van der Waals surface area (Å²) in [6.45, 7) is -0.568. The zero-order valence-corrected chi connectivity index (χ0v) is 15.1. The highest BCUT2D eigenvalue weighted by atomic mass is 32.2. The lowest BCUT2D eigenvalue weighted by Gasteiger charge is -2.08. The molecule has 2 N–H and O–H groups in total. The third-order valence-electron chi connectivity index (χ3n) is 3.65. The van der Waals surface area contributed by atoms with Crippen LogP contribution in [0.25, 0.3) is 10.9 Å². The van der Waals surface area contributed by atoms with Crippen molar-refractivity contribution in [1.82, 2.24) is 4.98 Å². The van der Waals surface area contributed by atoms with E-state index in [1.54, 1.807) is 24.3 Å². The van der Waals surface area contributed by atoms with Crippen molar-refractivity contribution in [2.45, 2.75) is 10.7 Å². The number of rotatable bonds is 6. The standard InChI is InChI=1S/C19H14F2N2O4S/c20-19(21)28-12-7-5-11(6-8-12)22-17(25)10-27-18(26)15-9-16(24)13-3-1-2-4-14(13)23-15/h1-9,19H,10H2,(H,22,25)(H,23,24). The third-order valence-corrected chi connectivity index (χ3v) is 4.38. The van der Waals surface area contributed by atoms with Gasteiger partial charge in [-0.2, -0.15) is 8.78 Å². The van der Waals surface area contributed by atoms with Crippen molar-refractivity contribution in [2.24, 2.45) is 0 Å². The Balaban J connectivity index is 1.58. The number of H-pyrrole nitrogens is 1. The van der Waals surface area contributed by atoms with Gasteiger partial charge in [0.05, 0.1) is 0 Å². The molecular formula is C19H14F2N2O4S. The number of aromatic nitrogens is 1. The van der Waals surface area contributed by atoms with Crippen molar-refractivity contribution in [1.29, 1.82) is 0 Å². The Labute approximate surface area is 161 Å². The number of anilines is 1. The van der Waals surface area contributed by atoms with Crippen LogP contribution in [0.5, 0.6) is 0 Å². The minimum absolute atomic E-state index is 0.0649. The van der Waals surface area contributed by atoms with Gasteiger partial charge in [-0.3, -0.25) is 9.59 Å². The lowest BCUT2D eigenvalue weighted by atomic mass is 10.2. The second-order valence-electron chi connectivity index (χ2n) is 5.62. The Kier molecular flexibility index (Phi) is 6.05. The van der Waals surface area contributed by atoms with E-state index in [1.807, 2.05) is 0 Å². The van der Waals surface area contributed by atoms with Gasteiger partial charge in [0.15, 0.2) is 12.0 Å². The number of carbonyl (C=O) groups excluding carboxylic acids is 2.